The molecule has 0 unspecified atom stereocenters. The van der Waals surface area contributed by atoms with Gasteiger partial charge in [-0.2, -0.15) is 0 Å². The van der Waals surface area contributed by atoms with Crippen LogP contribution in [-0.2, 0) is 10.0 Å². The molecular formula is C12H17NO3S. The molecule has 1 fully saturated rings. The van der Waals surface area contributed by atoms with Crippen molar-refractivity contribution >= 4 is 10.0 Å². The zero-order valence-electron chi connectivity index (χ0n) is 9.81. The summed E-state index contributed by atoms with van der Waals surface area (Å²) >= 11 is 0. The quantitative estimate of drug-likeness (QED) is 0.849. The van der Waals surface area contributed by atoms with Crippen LogP contribution in [0.4, 0.5) is 0 Å². The molecular weight excluding hydrogens is 238 g/mol. The SMILES string of the molecule is Cc1ccc(S(=O)(=O)NCC2(O)CCC2)cc1. The van der Waals surface area contributed by atoms with Crippen LogP contribution < -0.4 is 4.72 Å². The Hall–Kier alpha value is -0.910. The Morgan fingerprint density at radius 3 is 2.35 bits per heavy atom. The second-order valence-corrected chi connectivity index (χ2v) is 6.48. The molecule has 0 bridgehead atoms. The number of aliphatic hydroxyl groups is 1. The average Bonchev–Trinajstić information content (AvgIpc) is 2.24. The maximum atomic E-state index is 11.9. The van der Waals surface area contributed by atoms with E-state index in [0.717, 1.165) is 12.0 Å². The van der Waals surface area contributed by atoms with Gasteiger partial charge in [0.1, 0.15) is 0 Å². The Morgan fingerprint density at radius 2 is 1.88 bits per heavy atom. The smallest absolute Gasteiger partial charge is 0.240 e. The van der Waals surface area contributed by atoms with Gasteiger partial charge in [-0.3, -0.25) is 0 Å². The van der Waals surface area contributed by atoms with Gasteiger partial charge in [-0.15, -0.1) is 0 Å². The highest BCUT2D eigenvalue weighted by atomic mass is 32.2. The van der Waals surface area contributed by atoms with Gasteiger partial charge >= 0.3 is 0 Å². The zero-order valence-corrected chi connectivity index (χ0v) is 10.6. The second kappa shape index (κ2) is 4.40. The molecule has 0 radical (unpaired) electrons. The van der Waals surface area contributed by atoms with Gasteiger partial charge < -0.3 is 5.11 Å². The number of benzene rings is 1. The highest BCUT2D eigenvalue weighted by Crippen LogP contribution is 2.31. The Morgan fingerprint density at radius 1 is 1.29 bits per heavy atom. The number of sulfonamides is 1. The average molecular weight is 255 g/mol. The van der Waals surface area contributed by atoms with E-state index in [1.165, 1.54) is 0 Å². The number of aryl methyl sites for hydroxylation is 1. The van der Waals surface area contributed by atoms with Gasteiger partial charge in [0.25, 0.3) is 0 Å². The molecule has 0 aromatic heterocycles. The lowest BCUT2D eigenvalue weighted by Gasteiger charge is -2.36. The van der Waals surface area contributed by atoms with E-state index < -0.39 is 15.6 Å². The van der Waals surface area contributed by atoms with Crippen LogP contribution in [0.2, 0.25) is 0 Å². The van der Waals surface area contributed by atoms with Crippen molar-refractivity contribution in [2.45, 2.75) is 36.7 Å². The van der Waals surface area contributed by atoms with Crippen LogP contribution >= 0.6 is 0 Å². The summed E-state index contributed by atoms with van der Waals surface area (Å²) in [6, 6.07) is 6.66. The summed E-state index contributed by atoms with van der Waals surface area (Å²) in [4.78, 5) is 0.242. The molecule has 5 heteroatoms. The van der Waals surface area contributed by atoms with E-state index >= 15 is 0 Å². The van der Waals surface area contributed by atoms with Gasteiger partial charge in [0.15, 0.2) is 0 Å². The van der Waals surface area contributed by atoms with Crippen molar-refractivity contribution in [2.24, 2.45) is 0 Å². The lowest BCUT2D eigenvalue weighted by atomic mass is 9.81. The van der Waals surface area contributed by atoms with Crippen LogP contribution in [-0.4, -0.2) is 25.7 Å². The third kappa shape index (κ3) is 2.86. The van der Waals surface area contributed by atoms with Gasteiger partial charge in [-0.25, -0.2) is 13.1 Å². The zero-order chi connectivity index (χ0) is 12.5. The maximum absolute atomic E-state index is 11.9. The first-order valence-corrected chi connectivity index (χ1v) is 7.18. The maximum Gasteiger partial charge on any atom is 0.240 e. The fraction of sp³-hybridized carbons (Fsp3) is 0.500. The highest BCUT2D eigenvalue weighted by Gasteiger charge is 2.35. The van der Waals surface area contributed by atoms with E-state index in [1.54, 1.807) is 24.3 Å². The fourth-order valence-electron chi connectivity index (χ4n) is 1.79. The first-order valence-electron chi connectivity index (χ1n) is 5.70. The largest absolute Gasteiger partial charge is 0.389 e. The van der Waals surface area contributed by atoms with Gasteiger partial charge in [-0.1, -0.05) is 17.7 Å². The molecule has 1 aromatic rings. The molecule has 0 heterocycles. The summed E-state index contributed by atoms with van der Waals surface area (Å²) in [5, 5.41) is 9.84. The van der Waals surface area contributed by atoms with E-state index in [2.05, 4.69) is 4.72 Å². The minimum Gasteiger partial charge on any atom is -0.389 e. The van der Waals surface area contributed by atoms with Crippen LogP contribution in [0, 0.1) is 6.92 Å². The molecule has 0 aliphatic heterocycles. The minimum absolute atomic E-state index is 0.100. The van der Waals surface area contributed by atoms with Crippen molar-refractivity contribution in [3.8, 4) is 0 Å². The third-order valence-electron chi connectivity index (χ3n) is 3.21. The fourth-order valence-corrected chi connectivity index (χ4v) is 2.91. The number of hydrogen-bond donors (Lipinski definition) is 2. The molecule has 0 saturated heterocycles. The predicted octanol–water partition coefficient (Wildman–Crippen LogP) is 1.19. The van der Waals surface area contributed by atoms with Crippen molar-refractivity contribution in [1.82, 2.24) is 4.72 Å². The summed E-state index contributed by atoms with van der Waals surface area (Å²) in [5.74, 6) is 0. The van der Waals surface area contributed by atoms with Gasteiger partial charge in [0, 0.05) is 6.54 Å². The highest BCUT2D eigenvalue weighted by molar-refractivity contribution is 7.89. The Labute approximate surface area is 102 Å². The summed E-state index contributed by atoms with van der Waals surface area (Å²) < 4.78 is 26.3. The molecule has 1 saturated carbocycles. The van der Waals surface area contributed by atoms with Crippen LogP contribution in [0.1, 0.15) is 24.8 Å². The molecule has 0 atom stereocenters. The van der Waals surface area contributed by atoms with Crippen LogP contribution in [0.3, 0.4) is 0 Å². The number of rotatable bonds is 4. The lowest BCUT2D eigenvalue weighted by molar-refractivity contribution is -0.0270. The van der Waals surface area contributed by atoms with Crippen LogP contribution in [0.15, 0.2) is 29.2 Å². The molecule has 1 aliphatic rings. The van der Waals surface area contributed by atoms with Crippen molar-refractivity contribution < 1.29 is 13.5 Å². The minimum atomic E-state index is -3.50. The van der Waals surface area contributed by atoms with Crippen molar-refractivity contribution in [3.05, 3.63) is 29.8 Å². The van der Waals surface area contributed by atoms with E-state index in [0.29, 0.717) is 12.8 Å². The molecule has 0 amide bonds. The van der Waals surface area contributed by atoms with Gasteiger partial charge in [0.05, 0.1) is 10.5 Å². The van der Waals surface area contributed by atoms with E-state index in [9.17, 15) is 13.5 Å². The van der Waals surface area contributed by atoms with E-state index in [4.69, 9.17) is 0 Å². The molecule has 94 valence electrons. The normalized spacial score (nSPS) is 18.7. The number of nitrogens with one attached hydrogen (secondary N) is 1. The standard InChI is InChI=1S/C12H17NO3S/c1-10-3-5-11(6-4-10)17(15,16)13-9-12(14)7-2-8-12/h3-6,13-14H,2,7-9H2,1H3. The molecule has 1 aliphatic carbocycles. The second-order valence-electron chi connectivity index (χ2n) is 4.72. The van der Waals surface area contributed by atoms with E-state index in [-0.39, 0.29) is 11.4 Å². The number of hydrogen-bond acceptors (Lipinski definition) is 3. The molecule has 17 heavy (non-hydrogen) atoms. The third-order valence-corrected chi connectivity index (χ3v) is 4.62. The molecule has 4 nitrogen and oxygen atoms in total. The Balaban J connectivity index is 2.06. The van der Waals surface area contributed by atoms with Crippen molar-refractivity contribution in [3.63, 3.8) is 0 Å². The van der Waals surface area contributed by atoms with Gasteiger partial charge in [0.2, 0.25) is 10.0 Å². The molecule has 1 aromatic carbocycles. The summed E-state index contributed by atoms with van der Waals surface area (Å²) in [6.07, 6.45) is 2.30. The predicted molar refractivity (Wildman–Crippen MR) is 65.2 cm³/mol. The van der Waals surface area contributed by atoms with E-state index in [1.807, 2.05) is 6.92 Å². The summed E-state index contributed by atoms with van der Waals surface area (Å²) in [5.41, 5.74) is 0.180. The topological polar surface area (TPSA) is 66.4 Å². The Kier molecular flexibility index (Phi) is 3.25. The van der Waals surface area contributed by atoms with Crippen molar-refractivity contribution in [2.75, 3.05) is 6.54 Å². The lowest BCUT2D eigenvalue weighted by Crippen LogP contribution is -2.47. The molecule has 2 rings (SSSR count). The van der Waals surface area contributed by atoms with Gasteiger partial charge in [-0.05, 0) is 38.3 Å². The van der Waals surface area contributed by atoms with Crippen LogP contribution in [0.25, 0.3) is 0 Å². The molecule has 0 spiro atoms. The summed E-state index contributed by atoms with van der Waals surface area (Å²) in [6.45, 7) is 2.00. The summed E-state index contributed by atoms with van der Waals surface area (Å²) in [7, 11) is -3.50. The first-order chi connectivity index (χ1) is 7.91. The van der Waals surface area contributed by atoms with Crippen LogP contribution in [0.5, 0.6) is 0 Å². The first kappa shape index (κ1) is 12.5. The monoisotopic (exact) mass is 255 g/mol. The Bertz CT molecular complexity index is 489. The van der Waals surface area contributed by atoms with Crippen molar-refractivity contribution in [1.29, 1.82) is 0 Å². The molecule has 2 N–H and O–H groups in total.